The van der Waals surface area contributed by atoms with Crippen LogP contribution in [0.1, 0.15) is 68.4 Å². The zero-order valence-corrected chi connectivity index (χ0v) is 25.3. The second-order valence-corrected chi connectivity index (χ2v) is 11.8. The van der Waals surface area contributed by atoms with E-state index in [2.05, 4.69) is 47.3 Å². The van der Waals surface area contributed by atoms with Gasteiger partial charge in [0, 0.05) is 42.2 Å². The molecule has 2 saturated heterocycles. The fourth-order valence-electron chi connectivity index (χ4n) is 6.37. The summed E-state index contributed by atoms with van der Waals surface area (Å²) in [5, 5.41) is 6.16. The molecule has 5 nitrogen and oxygen atoms in total. The number of aromatic nitrogens is 2. The summed E-state index contributed by atoms with van der Waals surface area (Å²) in [6.07, 6.45) is 7.27. The summed E-state index contributed by atoms with van der Waals surface area (Å²) >= 11 is 6.74. The van der Waals surface area contributed by atoms with Gasteiger partial charge in [-0.15, -0.1) is 0 Å². The maximum absolute atomic E-state index is 14.7. The predicted octanol–water partition coefficient (Wildman–Crippen LogP) is 8.71. The molecule has 2 atom stereocenters. The quantitative estimate of drug-likeness (QED) is 0.170. The van der Waals surface area contributed by atoms with Crippen LogP contribution in [0.15, 0.2) is 66.9 Å². The molecule has 3 aromatic carbocycles. The van der Waals surface area contributed by atoms with Gasteiger partial charge in [0.2, 0.25) is 0 Å². The van der Waals surface area contributed by atoms with Crippen molar-refractivity contribution in [2.75, 3.05) is 32.9 Å². The Hall–Kier alpha value is -3.26. The van der Waals surface area contributed by atoms with Gasteiger partial charge in [-0.3, -0.25) is 9.29 Å². The molecule has 0 radical (unpaired) electrons. The van der Waals surface area contributed by atoms with Gasteiger partial charge in [-0.2, -0.15) is 5.10 Å². The Labute approximate surface area is 257 Å². The number of hydrogen-bond acceptors (Lipinski definition) is 4. The SMILES string of the molecule is CC/C(=C(\c1ccc2c(cnn2C2CCCCO2)c1)c1cc(F)ccc1Cl)c1ccc(O[C@H]2CCN(CCCF)C2)cc1. The highest BCUT2D eigenvalue weighted by Crippen LogP contribution is 2.39. The normalized spacial score (nSPS) is 20.0. The predicted molar refractivity (Wildman–Crippen MR) is 169 cm³/mol. The summed E-state index contributed by atoms with van der Waals surface area (Å²) in [7, 11) is 0. The molecular weight excluding hydrogens is 568 g/mol. The Balaban J connectivity index is 1.35. The van der Waals surface area contributed by atoms with Gasteiger partial charge in [0.25, 0.3) is 0 Å². The van der Waals surface area contributed by atoms with Crippen LogP contribution in [-0.4, -0.2) is 53.7 Å². The lowest BCUT2D eigenvalue weighted by molar-refractivity contribution is -0.0366. The van der Waals surface area contributed by atoms with Crippen molar-refractivity contribution in [2.45, 2.75) is 57.8 Å². The average Bonchev–Trinajstić information content (AvgIpc) is 3.67. The highest BCUT2D eigenvalue weighted by Gasteiger charge is 2.24. The number of allylic oxidation sites excluding steroid dienone is 1. The van der Waals surface area contributed by atoms with Crippen LogP contribution < -0.4 is 4.74 Å². The van der Waals surface area contributed by atoms with E-state index in [0.717, 1.165) is 90.8 Å². The summed E-state index contributed by atoms with van der Waals surface area (Å²) < 4.78 is 41.5. The number of benzene rings is 3. The van der Waals surface area contributed by atoms with Gasteiger partial charge in [-0.25, -0.2) is 9.07 Å². The topological polar surface area (TPSA) is 39.5 Å². The monoisotopic (exact) mass is 605 g/mol. The Kier molecular flexibility index (Phi) is 9.41. The highest BCUT2D eigenvalue weighted by molar-refractivity contribution is 6.33. The van der Waals surface area contributed by atoms with Crippen LogP contribution in [-0.2, 0) is 4.74 Å². The van der Waals surface area contributed by atoms with Crippen LogP contribution >= 0.6 is 11.6 Å². The van der Waals surface area contributed by atoms with E-state index >= 15 is 0 Å². The van der Waals surface area contributed by atoms with Crippen molar-refractivity contribution in [1.29, 1.82) is 0 Å². The minimum absolute atomic E-state index is 0.0563. The minimum Gasteiger partial charge on any atom is -0.489 e. The smallest absolute Gasteiger partial charge is 0.150 e. The molecule has 1 unspecified atom stereocenters. The van der Waals surface area contributed by atoms with Crippen molar-refractivity contribution < 1.29 is 18.3 Å². The second-order valence-electron chi connectivity index (χ2n) is 11.4. The molecule has 1 aromatic heterocycles. The lowest BCUT2D eigenvalue weighted by atomic mass is 9.87. The third-order valence-electron chi connectivity index (χ3n) is 8.51. The van der Waals surface area contributed by atoms with Crippen molar-refractivity contribution in [3.8, 4) is 5.75 Å². The Bertz CT molecular complexity index is 1580. The van der Waals surface area contributed by atoms with Crippen LogP contribution in [0.25, 0.3) is 22.0 Å². The molecule has 2 aliphatic heterocycles. The molecule has 4 aromatic rings. The molecule has 3 heterocycles. The molecule has 8 heteroatoms. The van der Waals surface area contributed by atoms with Crippen LogP contribution in [0.3, 0.4) is 0 Å². The molecule has 6 rings (SSSR count). The van der Waals surface area contributed by atoms with E-state index in [-0.39, 0.29) is 24.8 Å². The van der Waals surface area contributed by atoms with E-state index < -0.39 is 0 Å². The van der Waals surface area contributed by atoms with Crippen molar-refractivity contribution in [2.24, 2.45) is 0 Å². The van der Waals surface area contributed by atoms with E-state index in [9.17, 15) is 8.78 Å². The largest absolute Gasteiger partial charge is 0.489 e. The number of fused-ring (bicyclic) bond motifs is 1. The first-order valence-corrected chi connectivity index (χ1v) is 15.7. The Morgan fingerprint density at radius 1 is 1.05 bits per heavy atom. The minimum atomic E-state index is -0.337. The van der Waals surface area contributed by atoms with Gasteiger partial charge in [0.05, 0.1) is 18.4 Å². The molecule has 0 spiro atoms. The summed E-state index contributed by atoms with van der Waals surface area (Å²) in [4.78, 5) is 2.26. The number of ether oxygens (including phenoxy) is 2. The Morgan fingerprint density at radius 3 is 2.65 bits per heavy atom. The fraction of sp³-hybridized carbons (Fsp3) is 0.400. The van der Waals surface area contributed by atoms with Crippen LogP contribution in [0.2, 0.25) is 5.02 Å². The number of likely N-dealkylation sites (tertiary alicyclic amines) is 1. The molecular formula is C35H38ClF2N3O2. The zero-order valence-electron chi connectivity index (χ0n) is 24.6. The van der Waals surface area contributed by atoms with Gasteiger partial charge in [0.1, 0.15) is 17.7 Å². The third-order valence-corrected chi connectivity index (χ3v) is 8.84. The number of rotatable bonds is 10. The number of nitrogens with zero attached hydrogens (tertiary/aromatic N) is 3. The number of halogens is 3. The molecule has 0 aliphatic carbocycles. The lowest BCUT2D eigenvalue weighted by Gasteiger charge is -2.23. The van der Waals surface area contributed by atoms with Crippen molar-refractivity contribution >= 4 is 33.7 Å². The summed E-state index contributed by atoms with van der Waals surface area (Å²) in [5.41, 5.74) is 5.58. The standard InChI is InChI=1S/C35H38ClF2N3O2/c1-2-30(24-7-11-28(12-8-24)43-29-15-18-40(23-29)17-5-16-37)35(31-21-27(38)10-13-32(31)36)25-9-14-33-26(20-25)22-39-41(33)34-6-3-4-19-42-34/h7-14,20-22,29,34H,2-6,15-19,23H2,1H3/b35-30-/t29-,34?/m0/s1. The van der Waals surface area contributed by atoms with Gasteiger partial charge in [-0.1, -0.05) is 36.7 Å². The van der Waals surface area contributed by atoms with E-state index in [1.165, 1.54) is 12.1 Å². The van der Waals surface area contributed by atoms with Crippen LogP contribution in [0.4, 0.5) is 8.78 Å². The summed E-state index contributed by atoms with van der Waals surface area (Å²) in [6, 6.07) is 18.9. The van der Waals surface area contributed by atoms with Gasteiger partial charge >= 0.3 is 0 Å². The molecule has 43 heavy (non-hydrogen) atoms. The highest BCUT2D eigenvalue weighted by atomic mass is 35.5. The third kappa shape index (κ3) is 6.64. The zero-order chi connectivity index (χ0) is 29.8. The van der Waals surface area contributed by atoms with Crippen molar-refractivity contribution in [3.05, 3.63) is 94.4 Å². The first-order valence-electron chi connectivity index (χ1n) is 15.4. The fourth-order valence-corrected chi connectivity index (χ4v) is 6.58. The summed E-state index contributed by atoms with van der Waals surface area (Å²) in [5.74, 6) is 0.470. The van der Waals surface area contributed by atoms with Gasteiger partial charge < -0.3 is 9.47 Å². The van der Waals surface area contributed by atoms with Crippen molar-refractivity contribution in [3.63, 3.8) is 0 Å². The maximum atomic E-state index is 14.7. The second kappa shape index (κ2) is 13.6. The van der Waals surface area contributed by atoms with Crippen LogP contribution in [0.5, 0.6) is 5.75 Å². The van der Waals surface area contributed by atoms with E-state index in [1.807, 2.05) is 23.0 Å². The first kappa shape index (κ1) is 29.8. The molecule has 2 aliphatic rings. The first-order chi connectivity index (χ1) is 21.0. The van der Waals surface area contributed by atoms with E-state index in [4.69, 9.17) is 21.1 Å². The summed E-state index contributed by atoms with van der Waals surface area (Å²) in [6.45, 7) is 5.09. The number of hydrogen-bond donors (Lipinski definition) is 0. The molecule has 0 bridgehead atoms. The molecule has 0 amide bonds. The average molecular weight is 606 g/mol. The van der Waals surface area contributed by atoms with Crippen LogP contribution in [0, 0.1) is 5.82 Å². The number of alkyl halides is 1. The van der Waals surface area contributed by atoms with Crippen molar-refractivity contribution in [1.82, 2.24) is 14.7 Å². The molecule has 0 saturated carbocycles. The maximum Gasteiger partial charge on any atom is 0.150 e. The van der Waals surface area contributed by atoms with E-state index in [0.29, 0.717) is 23.4 Å². The molecule has 226 valence electrons. The van der Waals surface area contributed by atoms with E-state index in [1.54, 1.807) is 6.07 Å². The molecule has 2 fully saturated rings. The Morgan fingerprint density at radius 2 is 1.88 bits per heavy atom. The van der Waals surface area contributed by atoms with Gasteiger partial charge in [-0.05, 0) is 103 Å². The lowest BCUT2D eigenvalue weighted by Crippen LogP contribution is -2.26. The molecule has 0 N–H and O–H groups in total. The van der Waals surface area contributed by atoms with Gasteiger partial charge in [0.15, 0.2) is 6.23 Å².